The highest BCUT2D eigenvalue weighted by atomic mass is 35.5. The van der Waals surface area contributed by atoms with Crippen LogP contribution in [0.25, 0.3) is 11.1 Å². The molecule has 2 unspecified atom stereocenters. The molecule has 2 heterocycles. The summed E-state index contributed by atoms with van der Waals surface area (Å²) in [5, 5.41) is 10.4. The van der Waals surface area contributed by atoms with Crippen LogP contribution in [-0.4, -0.2) is 29.9 Å². The molecule has 3 N–H and O–H groups in total. The molecule has 0 radical (unpaired) electrons. The second kappa shape index (κ2) is 6.36. The van der Waals surface area contributed by atoms with Crippen LogP contribution in [0, 0.1) is 11.7 Å². The summed E-state index contributed by atoms with van der Waals surface area (Å²) in [6.45, 7) is 0.333. The molecule has 3 aliphatic rings. The molecular formula is C21H20ClFN2O3. The number of hydrogen-bond acceptors (Lipinski definition) is 5. The van der Waals surface area contributed by atoms with Gasteiger partial charge in [0.05, 0.1) is 6.10 Å². The Labute approximate surface area is 166 Å². The molecule has 5 rings (SSSR count). The van der Waals surface area contributed by atoms with Crippen LogP contribution < -0.4 is 10.5 Å². The van der Waals surface area contributed by atoms with Gasteiger partial charge in [-0.1, -0.05) is 17.7 Å². The number of amidine groups is 1. The third kappa shape index (κ3) is 2.74. The van der Waals surface area contributed by atoms with Gasteiger partial charge >= 0.3 is 0 Å². The van der Waals surface area contributed by atoms with E-state index in [4.69, 9.17) is 31.8 Å². The number of nitrogens with zero attached hydrogens (tertiary/aromatic N) is 1. The molecule has 4 atom stereocenters. The Morgan fingerprint density at radius 2 is 2.04 bits per heavy atom. The van der Waals surface area contributed by atoms with Gasteiger partial charge in [-0.05, 0) is 54.3 Å². The van der Waals surface area contributed by atoms with Crippen molar-refractivity contribution in [3.8, 4) is 16.9 Å². The molecule has 0 aromatic heterocycles. The summed E-state index contributed by atoms with van der Waals surface area (Å²) >= 11 is 6.04. The molecule has 0 saturated heterocycles. The van der Waals surface area contributed by atoms with Crippen molar-refractivity contribution in [2.75, 3.05) is 6.61 Å². The number of nitrogens with two attached hydrogens (primary N) is 1. The van der Waals surface area contributed by atoms with Gasteiger partial charge in [0.25, 0.3) is 6.02 Å². The topological polar surface area (TPSA) is 77.1 Å². The third-order valence-electron chi connectivity index (χ3n) is 6.05. The summed E-state index contributed by atoms with van der Waals surface area (Å²) in [6.07, 6.45) is 1.49. The van der Waals surface area contributed by atoms with E-state index >= 15 is 0 Å². The Balaban J connectivity index is 1.66. The first-order chi connectivity index (χ1) is 13.4. The maximum Gasteiger partial charge on any atom is 0.283 e. The SMILES string of the molecule is NC1=NC2(CO1)c1cc(-c3cc(F)cc(Cl)c3)ccc1O[C@H]1CC(O)CC[C@@H]12. The largest absolute Gasteiger partial charge is 0.490 e. The summed E-state index contributed by atoms with van der Waals surface area (Å²) < 4.78 is 25.7. The molecule has 0 amide bonds. The second-order valence-electron chi connectivity index (χ2n) is 7.76. The highest BCUT2D eigenvalue weighted by molar-refractivity contribution is 6.30. The highest BCUT2D eigenvalue weighted by Crippen LogP contribution is 2.53. The van der Waals surface area contributed by atoms with Gasteiger partial charge in [0.15, 0.2) is 0 Å². The number of ether oxygens (including phenoxy) is 2. The lowest BCUT2D eigenvalue weighted by Crippen LogP contribution is -2.51. The normalized spacial score (nSPS) is 30.8. The summed E-state index contributed by atoms with van der Waals surface area (Å²) in [6, 6.07) is 10.3. The van der Waals surface area contributed by atoms with Gasteiger partial charge in [0.1, 0.15) is 29.8 Å². The van der Waals surface area contributed by atoms with Crippen LogP contribution in [0.3, 0.4) is 0 Å². The lowest BCUT2D eigenvalue weighted by molar-refractivity contribution is -0.0360. The van der Waals surface area contributed by atoms with E-state index in [1.807, 2.05) is 18.2 Å². The van der Waals surface area contributed by atoms with Crippen molar-refractivity contribution < 1.29 is 19.0 Å². The third-order valence-corrected chi connectivity index (χ3v) is 6.27. The van der Waals surface area contributed by atoms with E-state index in [9.17, 15) is 9.50 Å². The van der Waals surface area contributed by atoms with Crippen LogP contribution in [0.2, 0.25) is 5.02 Å². The lowest BCUT2D eigenvalue weighted by atomic mass is 9.67. The fraction of sp³-hybridized carbons (Fsp3) is 0.381. The molecule has 1 saturated carbocycles. The van der Waals surface area contributed by atoms with Crippen molar-refractivity contribution in [2.45, 2.75) is 37.0 Å². The maximum atomic E-state index is 13.9. The molecule has 5 nitrogen and oxygen atoms in total. The van der Waals surface area contributed by atoms with Crippen LogP contribution in [0.15, 0.2) is 41.4 Å². The van der Waals surface area contributed by atoms with E-state index in [0.717, 1.165) is 17.5 Å². The van der Waals surface area contributed by atoms with Crippen LogP contribution in [0.1, 0.15) is 24.8 Å². The molecule has 7 heteroatoms. The number of hydrogen-bond donors (Lipinski definition) is 2. The van der Waals surface area contributed by atoms with Crippen LogP contribution >= 0.6 is 11.6 Å². The van der Waals surface area contributed by atoms with Crippen molar-refractivity contribution in [3.63, 3.8) is 0 Å². The van der Waals surface area contributed by atoms with E-state index in [-0.39, 0.29) is 30.0 Å². The summed E-state index contributed by atoms with van der Waals surface area (Å²) in [5.41, 5.74) is 7.63. The molecular weight excluding hydrogens is 383 g/mol. The van der Waals surface area contributed by atoms with Crippen molar-refractivity contribution in [2.24, 2.45) is 16.6 Å². The predicted molar refractivity (Wildman–Crippen MR) is 104 cm³/mol. The molecule has 1 spiro atoms. The smallest absolute Gasteiger partial charge is 0.283 e. The van der Waals surface area contributed by atoms with Crippen LogP contribution in [0.5, 0.6) is 5.75 Å². The Kier molecular flexibility index (Phi) is 4.03. The zero-order valence-corrected chi connectivity index (χ0v) is 15.8. The van der Waals surface area contributed by atoms with Crippen molar-refractivity contribution >= 4 is 17.6 Å². The minimum absolute atomic E-state index is 0.0517. The van der Waals surface area contributed by atoms with Gasteiger partial charge in [0.2, 0.25) is 0 Å². The minimum atomic E-state index is -0.657. The Bertz CT molecular complexity index is 962. The zero-order valence-electron chi connectivity index (χ0n) is 15.1. The molecule has 2 aromatic rings. The van der Waals surface area contributed by atoms with Gasteiger partial charge in [-0.2, -0.15) is 0 Å². The fourth-order valence-electron chi connectivity index (χ4n) is 4.79. The Morgan fingerprint density at radius 3 is 2.79 bits per heavy atom. The van der Waals surface area contributed by atoms with Crippen LogP contribution in [0.4, 0.5) is 4.39 Å². The Hall–Kier alpha value is -2.31. The van der Waals surface area contributed by atoms with Gasteiger partial charge in [-0.3, -0.25) is 0 Å². The fourth-order valence-corrected chi connectivity index (χ4v) is 5.01. The molecule has 2 aromatic carbocycles. The number of halogens is 2. The van der Waals surface area contributed by atoms with Gasteiger partial charge in [-0.25, -0.2) is 9.38 Å². The van der Waals surface area contributed by atoms with E-state index < -0.39 is 5.54 Å². The van der Waals surface area contributed by atoms with Crippen LogP contribution in [-0.2, 0) is 10.3 Å². The van der Waals surface area contributed by atoms with E-state index in [1.54, 1.807) is 6.07 Å². The maximum absolute atomic E-state index is 13.9. The van der Waals surface area contributed by atoms with Crippen molar-refractivity contribution in [3.05, 3.63) is 52.8 Å². The first kappa shape index (κ1) is 17.8. The average molecular weight is 403 g/mol. The average Bonchev–Trinajstić information content (AvgIpc) is 3.03. The van der Waals surface area contributed by atoms with E-state index in [0.29, 0.717) is 35.8 Å². The quantitative estimate of drug-likeness (QED) is 0.764. The van der Waals surface area contributed by atoms with Crippen molar-refractivity contribution in [1.82, 2.24) is 0 Å². The molecule has 146 valence electrons. The molecule has 1 fully saturated rings. The van der Waals surface area contributed by atoms with Gasteiger partial charge < -0.3 is 20.3 Å². The summed E-state index contributed by atoms with van der Waals surface area (Å²) in [7, 11) is 0. The first-order valence-corrected chi connectivity index (χ1v) is 9.76. The predicted octanol–water partition coefficient (Wildman–Crippen LogP) is 3.61. The standard InChI is InChI=1S/C21H20ClFN2O3/c22-13-5-12(6-14(23)8-13)11-1-4-18-17(7-11)21(10-27-20(24)25-21)16-3-2-15(26)9-19(16)28-18/h1,4-8,15-16,19,26H,2-3,9-10H2,(H2,24,25)/t15?,16-,19-,21?/m0/s1. The van der Waals surface area contributed by atoms with Gasteiger partial charge in [-0.15, -0.1) is 0 Å². The molecule has 0 bridgehead atoms. The number of aliphatic hydroxyl groups is 1. The molecule has 2 aliphatic heterocycles. The number of aliphatic imine (C=N–C) groups is 1. The van der Waals surface area contributed by atoms with Gasteiger partial charge in [0, 0.05) is 22.9 Å². The minimum Gasteiger partial charge on any atom is -0.490 e. The number of aliphatic hydroxyl groups excluding tert-OH is 1. The number of fused-ring (bicyclic) bond motifs is 4. The summed E-state index contributed by atoms with van der Waals surface area (Å²) in [5.74, 6) is 0.360. The first-order valence-electron chi connectivity index (χ1n) is 9.38. The van der Waals surface area contributed by atoms with E-state index in [2.05, 4.69) is 0 Å². The highest BCUT2D eigenvalue weighted by Gasteiger charge is 2.55. The number of benzene rings is 2. The zero-order chi connectivity index (χ0) is 19.5. The summed E-state index contributed by atoms with van der Waals surface area (Å²) in [4.78, 5) is 4.71. The van der Waals surface area contributed by atoms with Crippen molar-refractivity contribution in [1.29, 1.82) is 0 Å². The van der Waals surface area contributed by atoms with E-state index in [1.165, 1.54) is 12.1 Å². The molecule has 28 heavy (non-hydrogen) atoms. The Morgan fingerprint density at radius 1 is 1.18 bits per heavy atom. The number of rotatable bonds is 1. The monoisotopic (exact) mass is 402 g/mol. The lowest BCUT2D eigenvalue weighted by Gasteiger charge is -2.47. The second-order valence-corrected chi connectivity index (χ2v) is 8.20. The molecule has 1 aliphatic carbocycles.